The number of rotatable bonds is 3. The van der Waals surface area contributed by atoms with Gasteiger partial charge in [0.25, 0.3) is 5.91 Å². The first-order chi connectivity index (χ1) is 9.70. The standard InChI is InChI=1S/C17H16N2O/c1-2-11-4-3-5-12(10-11)13-6-7-15(17(18)20)16-14(13)8-9-19-16/h3-10,19H,2H2,1H3,(H2,18,20). The lowest BCUT2D eigenvalue weighted by molar-refractivity contribution is 0.100. The van der Waals surface area contributed by atoms with Gasteiger partial charge in [0.1, 0.15) is 0 Å². The quantitative estimate of drug-likeness (QED) is 0.747. The molecule has 3 rings (SSSR count). The van der Waals surface area contributed by atoms with E-state index in [9.17, 15) is 4.79 Å². The highest BCUT2D eigenvalue weighted by molar-refractivity contribution is 6.09. The number of carbonyl (C=O) groups is 1. The smallest absolute Gasteiger partial charge is 0.250 e. The van der Waals surface area contributed by atoms with E-state index in [4.69, 9.17) is 5.73 Å². The van der Waals surface area contributed by atoms with E-state index in [0.717, 1.165) is 28.5 Å². The van der Waals surface area contributed by atoms with Gasteiger partial charge in [-0.15, -0.1) is 0 Å². The summed E-state index contributed by atoms with van der Waals surface area (Å²) in [5.74, 6) is -0.411. The normalized spacial score (nSPS) is 10.8. The van der Waals surface area contributed by atoms with Crippen LogP contribution in [-0.2, 0) is 6.42 Å². The molecule has 20 heavy (non-hydrogen) atoms. The fourth-order valence-corrected chi connectivity index (χ4v) is 2.57. The molecule has 1 amide bonds. The number of H-pyrrole nitrogens is 1. The van der Waals surface area contributed by atoms with E-state index >= 15 is 0 Å². The van der Waals surface area contributed by atoms with E-state index in [0.29, 0.717) is 5.56 Å². The first kappa shape index (κ1) is 12.5. The Balaban J connectivity index is 2.24. The maximum atomic E-state index is 11.5. The molecule has 0 aliphatic carbocycles. The molecule has 3 heteroatoms. The third-order valence-electron chi connectivity index (χ3n) is 3.63. The molecule has 0 unspecified atom stereocenters. The topological polar surface area (TPSA) is 58.9 Å². The molecular formula is C17H16N2O. The van der Waals surface area contributed by atoms with Crippen molar-refractivity contribution < 1.29 is 4.79 Å². The Morgan fingerprint density at radius 2 is 2.05 bits per heavy atom. The number of benzene rings is 2. The molecule has 0 aliphatic rings. The van der Waals surface area contributed by atoms with E-state index < -0.39 is 5.91 Å². The maximum Gasteiger partial charge on any atom is 0.250 e. The lowest BCUT2D eigenvalue weighted by Crippen LogP contribution is -2.11. The highest BCUT2D eigenvalue weighted by atomic mass is 16.1. The molecule has 0 aliphatic heterocycles. The Labute approximate surface area is 117 Å². The molecule has 1 aromatic heterocycles. The van der Waals surface area contributed by atoms with Crippen LogP contribution in [-0.4, -0.2) is 10.9 Å². The van der Waals surface area contributed by atoms with E-state index in [1.807, 2.05) is 18.3 Å². The number of amides is 1. The number of aromatic nitrogens is 1. The van der Waals surface area contributed by atoms with Crippen LogP contribution in [0.1, 0.15) is 22.8 Å². The van der Waals surface area contributed by atoms with Gasteiger partial charge in [0, 0.05) is 11.6 Å². The van der Waals surface area contributed by atoms with Crippen LogP contribution < -0.4 is 5.73 Å². The van der Waals surface area contributed by atoms with Crippen molar-refractivity contribution in [1.82, 2.24) is 4.98 Å². The molecule has 0 saturated heterocycles. The molecule has 3 aromatic rings. The molecule has 0 spiro atoms. The number of hydrogen-bond acceptors (Lipinski definition) is 1. The molecule has 0 fully saturated rings. The van der Waals surface area contributed by atoms with E-state index in [1.165, 1.54) is 5.56 Å². The minimum absolute atomic E-state index is 0.411. The van der Waals surface area contributed by atoms with Crippen LogP contribution >= 0.6 is 0 Å². The summed E-state index contributed by atoms with van der Waals surface area (Å²) in [6.45, 7) is 2.14. The molecule has 100 valence electrons. The highest BCUT2D eigenvalue weighted by Gasteiger charge is 2.12. The second kappa shape index (κ2) is 4.85. The number of aromatic amines is 1. The average Bonchev–Trinajstić information content (AvgIpc) is 2.95. The molecule has 1 heterocycles. The fourth-order valence-electron chi connectivity index (χ4n) is 2.57. The summed E-state index contributed by atoms with van der Waals surface area (Å²) < 4.78 is 0. The van der Waals surface area contributed by atoms with Crippen LogP contribution in [0.2, 0.25) is 0 Å². The predicted molar refractivity (Wildman–Crippen MR) is 81.6 cm³/mol. The van der Waals surface area contributed by atoms with Gasteiger partial charge >= 0.3 is 0 Å². The maximum absolute atomic E-state index is 11.5. The van der Waals surface area contributed by atoms with E-state index in [-0.39, 0.29) is 0 Å². The van der Waals surface area contributed by atoms with Crippen LogP contribution in [0.25, 0.3) is 22.0 Å². The fraction of sp³-hybridized carbons (Fsp3) is 0.118. The van der Waals surface area contributed by atoms with Crippen molar-refractivity contribution in [3.8, 4) is 11.1 Å². The highest BCUT2D eigenvalue weighted by Crippen LogP contribution is 2.30. The van der Waals surface area contributed by atoms with Crippen LogP contribution in [0, 0.1) is 0 Å². The third kappa shape index (κ3) is 1.97. The van der Waals surface area contributed by atoms with Crippen LogP contribution in [0.4, 0.5) is 0 Å². The SMILES string of the molecule is CCc1cccc(-c2ccc(C(N)=O)c3[nH]ccc23)c1. The van der Waals surface area contributed by atoms with Gasteiger partial charge < -0.3 is 10.7 Å². The molecule has 0 saturated carbocycles. The Hall–Kier alpha value is -2.55. The first-order valence-corrected chi connectivity index (χ1v) is 6.70. The average molecular weight is 264 g/mol. The molecule has 0 bridgehead atoms. The van der Waals surface area contributed by atoms with Crippen molar-refractivity contribution in [1.29, 1.82) is 0 Å². The van der Waals surface area contributed by atoms with Crippen molar-refractivity contribution in [3.63, 3.8) is 0 Å². The summed E-state index contributed by atoms with van der Waals surface area (Å²) in [6, 6.07) is 14.2. The molecule has 0 radical (unpaired) electrons. The number of carbonyl (C=O) groups excluding carboxylic acids is 1. The zero-order valence-corrected chi connectivity index (χ0v) is 11.3. The summed E-state index contributed by atoms with van der Waals surface area (Å²) in [6.07, 6.45) is 2.84. The second-order valence-electron chi connectivity index (χ2n) is 4.85. The van der Waals surface area contributed by atoms with Crippen molar-refractivity contribution in [2.45, 2.75) is 13.3 Å². The van der Waals surface area contributed by atoms with Gasteiger partial charge in [-0.05, 0) is 35.2 Å². The Bertz CT molecular complexity index is 787. The first-order valence-electron chi connectivity index (χ1n) is 6.70. The zero-order chi connectivity index (χ0) is 14.1. The molecular weight excluding hydrogens is 248 g/mol. The monoisotopic (exact) mass is 264 g/mol. The summed E-state index contributed by atoms with van der Waals surface area (Å²) in [4.78, 5) is 14.6. The number of fused-ring (bicyclic) bond motifs is 1. The lowest BCUT2D eigenvalue weighted by atomic mass is 9.97. The van der Waals surface area contributed by atoms with Gasteiger partial charge in [0.05, 0.1) is 11.1 Å². The predicted octanol–water partition coefficient (Wildman–Crippen LogP) is 3.50. The van der Waals surface area contributed by atoms with E-state index in [2.05, 4.69) is 36.2 Å². The molecule has 3 nitrogen and oxygen atoms in total. The van der Waals surface area contributed by atoms with Crippen molar-refractivity contribution in [3.05, 3.63) is 59.8 Å². The second-order valence-corrected chi connectivity index (χ2v) is 4.85. The summed E-state index contributed by atoms with van der Waals surface area (Å²) in [5.41, 5.74) is 10.3. The number of nitrogens with one attached hydrogen (secondary N) is 1. The van der Waals surface area contributed by atoms with Crippen molar-refractivity contribution in [2.24, 2.45) is 5.73 Å². The Morgan fingerprint density at radius 3 is 2.80 bits per heavy atom. The number of nitrogens with two attached hydrogens (primary N) is 1. The van der Waals surface area contributed by atoms with Crippen LogP contribution in [0.3, 0.4) is 0 Å². The summed E-state index contributed by atoms with van der Waals surface area (Å²) in [5, 5.41) is 1.02. The van der Waals surface area contributed by atoms with Gasteiger partial charge in [-0.25, -0.2) is 0 Å². The largest absolute Gasteiger partial charge is 0.366 e. The van der Waals surface area contributed by atoms with Gasteiger partial charge in [-0.3, -0.25) is 4.79 Å². The Morgan fingerprint density at radius 1 is 1.20 bits per heavy atom. The summed E-state index contributed by atoms with van der Waals surface area (Å²) in [7, 11) is 0. The van der Waals surface area contributed by atoms with Gasteiger partial charge in [0.2, 0.25) is 0 Å². The number of primary amides is 1. The summed E-state index contributed by atoms with van der Waals surface area (Å²) >= 11 is 0. The van der Waals surface area contributed by atoms with Gasteiger partial charge in [0.15, 0.2) is 0 Å². The third-order valence-corrected chi connectivity index (χ3v) is 3.63. The van der Waals surface area contributed by atoms with E-state index in [1.54, 1.807) is 6.07 Å². The van der Waals surface area contributed by atoms with Crippen LogP contribution in [0.15, 0.2) is 48.7 Å². The number of hydrogen-bond donors (Lipinski definition) is 2. The Kier molecular flexibility index (Phi) is 3.03. The minimum Gasteiger partial charge on any atom is -0.366 e. The van der Waals surface area contributed by atoms with Crippen LogP contribution in [0.5, 0.6) is 0 Å². The molecule has 0 atom stereocenters. The van der Waals surface area contributed by atoms with Crippen molar-refractivity contribution in [2.75, 3.05) is 0 Å². The number of aryl methyl sites for hydroxylation is 1. The van der Waals surface area contributed by atoms with Crippen molar-refractivity contribution >= 4 is 16.8 Å². The van der Waals surface area contributed by atoms with Gasteiger partial charge in [-0.1, -0.05) is 37.3 Å². The molecule has 3 N–H and O–H groups in total. The minimum atomic E-state index is -0.411. The van der Waals surface area contributed by atoms with Gasteiger partial charge in [-0.2, -0.15) is 0 Å². The zero-order valence-electron chi connectivity index (χ0n) is 11.3. The molecule has 2 aromatic carbocycles. The lowest BCUT2D eigenvalue weighted by Gasteiger charge is -2.08.